The van der Waals surface area contributed by atoms with Crippen LogP contribution in [0.3, 0.4) is 0 Å². The molecule has 7 nitrogen and oxygen atoms in total. The van der Waals surface area contributed by atoms with E-state index < -0.39 is 0 Å². The van der Waals surface area contributed by atoms with Gasteiger partial charge in [-0.2, -0.15) is 0 Å². The Labute approximate surface area is 178 Å². The Balaban J connectivity index is 0.00000261. The average Bonchev–Trinajstić information content (AvgIpc) is 3.12. The number of halogens is 1. The van der Waals surface area contributed by atoms with Gasteiger partial charge in [0.2, 0.25) is 0 Å². The maximum atomic E-state index is 10.0. The highest BCUT2D eigenvalue weighted by atomic mass is 127. The molecule has 2 N–H and O–H groups in total. The first-order valence-corrected chi connectivity index (χ1v) is 9.31. The summed E-state index contributed by atoms with van der Waals surface area (Å²) in [6.07, 6.45) is 1.18. The highest BCUT2D eigenvalue weighted by molar-refractivity contribution is 14.0. The van der Waals surface area contributed by atoms with Crippen molar-refractivity contribution in [1.29, 1.82) is 0 Å². The molecule has 0 radical (unpaired) electrons. The van der Waals surface area contributed by atoms with Crippen LogP contribution < -0.4 is 10.1 Å². The van der Waals surface area contributed by atoms with Crippen LogP contribution in [0.5, 0.6) is 11.5 Å². The van der Waals surface area contributed by atoms with Gasteiger partial charge in [-0.25, -0.2) is 0 Å². The lowest BCUT2D eigenvalue weighted by atomic mass is 10.1. The summed E-state index contributed by atoms with van der Waals surface area (Å²) in [5, 5.41) is 13.4. The number of aromatic hydroxyl groups is 1. The molecule has 1 aromatic carbocycles. The molecule has 1 aromatic rings. The number of phenols is 1. The lowest BCUT2D eigenvalue weighted by Crippen LogP contribution is -2.42. The minimum Gasteiger partial charge on any atom is -0.508 e. The van der Waals surface area contributed by atoms with Crippen molar-refractivity contribution in [1.82, 2.24) is 15.1 Å². The summed E-state index contributed by atoms with van der Waals surface area (Å²) in [7, 11) is 3.43. The molecule has 1 unspecified atom stereocenters. The van der Waals surface area contributed by atoms with Gasteiger partial charge in [-0.15, -0.1) is 24.0 Å². The van der Waals surface area contributed by atoms with E-state index in [4.69, 9.17) is 9.47 Å². The molecular weight excluding hydrogens is 459 g/mol. The molecule has 2 heterocycles. The second kappa shape index (κ2) is 10.9. The van der Waals surface area contributed by atoms with Gasteiger partial charge in [-0.1, -0.05) is 0 Å². The van der Waals surface area contributed by atoms with E-state index in [-0.39, 0.29) is 29.7 Å². The first kappa shape index (κ1) is 22.0. The molecule has 2 saturated heterocycles. The van der Waals surface area contributed by atoms with Crippen molar-refractivity contribution in [2.24, 2.45) is 10.9 Å². The topological polar surface area (TPSA) is 69.6 Å². The smallest absolute Gasteiger partial charge is 0.193 e. The number of guanidine groups is 1. The number of nitrogens with one attached hydrogen (secondary N) is 1. The fourth-order valence-corrected chi connectivity index (χ4v) is 3.66. The average molecular weight is 490 g/mol. The third-order valence-electron chi connectivity index (χ3n) is 5.14. The summed E-state index contributed by atoms with van der Waals surface area (Å²) in [5.74, 6) is 2.55. The SMILES string of the molecule is CN=C(NCc1cc(OC)ccc1O)N1CCC(CN2CCOCC2)C1.I. The van der Waals surface area contributed by atoms with Crippen LogP contribution in [0.2, 0.25) is 0 Å². The molecule has 0 aliphatic carbocycles. The van der Waals surface area contributed by atoms with Gasteiger partial charge < -0.3 is 24.8 Å². The summed E-state index contributed by atoms with van der Waals surface area (Å²) in [4.78, 5) is 9.23. The second-order valence-electron chi connectivity index (χ2n) is 6.91. The van der Waals surface area contributed by atoms with E-state index in [1.54, 1.807) is 19.2 Å². The largest absolute Gasteiger partial charge is 0.508 e. The van der Waals surface area contributed by atoms with Crippen molar-refractivity contribution in [2.75, 3.05) is 60.1 Å². The number of aliphatic imine (C=N–C) groups is 1. The first-order chi connectivity index (χ1) is 12.7. The molecule has 0 spiro atoms. The van der Waals surface area contributed by atoms with Crippen LogP contribution in [-0.2, 0) is 11.3 Å². The molecular formula is C19H31IN4O3. The molecule has 152 valence electrons. The first-order valence-electron chi connectivity index (χ1n) is 9.31. The number of hydrogen-bond donors (Lipinski definition) is 2. The quantitative estimate of drug-likeness (QED) is 0.373. The van der Waals surface area contributed by atoms with Crippen molar-refractivity contribution in [3.63, 3.8) is 0 Å². The zero-order valence-corrected chi connectivity index (χ0v) is 18.5. The highest BCUT2D eigenvalue weighted by Gasteiger charge is 2.27. The molecule has 0 saturated carbocycles. The summed E-state index contributed by atoms with van der Waals surface area (Å²) in [6.45, 7) is 7.46. The third-order valence-corrected chi connectivity index (χ3v) is 5.14. The summed E-state index contributed by atoms with van der Waals surface area (Å²) < 4.78 is 10.7. The second-order valence-corrected chi connectivity index (χ2v) is 6.91. The van der Waals surface area contributed by atoms with Crippen molar-refractivity contribution in [2.45, 2.75) is 13.0 Å². The molecule has 1 atom stereocenters. The molecule has 2 aliphatic heterocycles. The minimum atomic E-state index is 0. The molecule has 0 bridgehead atoms. The molecule has 0 aromatic heterocycles. The molecule has 0 amide bonds. The van der Waals surface area contributed by atoms with E-state index in [2.05, 4.69) is 20.1 Å². The normalized spacial score (nSPS) is 21.0. The third kappa shape index (κ3) is 6.11. The number of morpholine rings is 1. The number of methoxy groups -OCH3 is 1. The molecule has 2 fully saturated rings. The maximum Gasteiger partial charge on any atom is 0.193 e. The summed E-state index contributed by atoms with van der Waals surface area (Å²) in [5.41, 5.74) is 0.801. The van der Waals surface area contributed by atoms with Gasteiger partial charge >= 0.3 is 0 Å². The van der Waals surface area contributed by atoms with Gasteiger partial charge in [0.25, 0.3) is 0 Å². The highest BCUT2D eigenvalue weighted by Crippen LogP contribution is 2.23. The number of rotatable bonds is 5. The summed E-state index contributed by atoms with van der Waals surface area (Å²) in [6, 6.07) is 5.26. The Morgan fingerprint density at radius 2 is 2.11 bits per heavy atom. The van der Waals surface area contributed by atoms with E-state index in [0.29, 0.717) is 12.5 Å². The number of benzene rings is 1. The molecule has 8 heteroatoms. The monoisotopic (exact) mass is 490 g/mol. The number of ether oxygens (including phenoxy) is 2. The van der Waals surface area contributed by atoms with Crippen molar-refractivity contribution >= 4 is 29.9 Å². The van der Waals surface area contributed by atoms with E-state index in [1.807, 2.05) is 13.1 Å². The van der Waals surface area contributed by atoms with E-state index in [1.165, 1.54) is 6.42 Å². The lowest BCUT2D eigenvalue weighted by Gasteiger charge is -2.29. The standard InChI is InChI=1S/C19H30N4O3.HI/c1-20-19(21-12-16-11-17(25-2)3-4-18(16)24)23-6-5-15(14-23)13-22-7-9-26-10-8-22;/h3-4,11,15,24H,5-10,12-14H2,1-2H3,(H,20,21);1H. The Bertz CT molecular complexity index is 623. The predicted molar refractivity (Wildman–Crippen MR) is 117 cm³/mol. The van der Waals surface area contributed by atoms with Crippen LogP contribution in [-0.4, -0.2) is 81.0 Å². The number of hydrogen-bond acceptors (Lipinski definition) is 5. The van der Waals surface area contributed by atoms with Gasteiger partial charge in [0.1, 0.15) is 11.5 Å². The maximum absolute atomic E-state index is 10.0. The van der Waals surface area contributed by atoms with Gasteiger partial charge in [0.05, 0.1) is 20.3 Å². The zero-order valence-electron chi connectivity index (χ0n) is 16.2. The fourth-order valence-electron chi connectivity index (χ4n) is 3.66. The molecule has 3 rings (SSSR count). The number of nitrogens with zero attached hydrogens (tertiary/aromatic N) is 3. The van der Waals surface area contributed by atoms with Crippen molar-refractivity contribution in [3.05, 3.63) is 23.8 Å². The fraction of sp³-hybridized carbons (Fsp3) is 0.632. The Morgan fingerprint density at radius 1 is 1.33 bits per heavy atom. The van der Waals surface area contributed by atoms with Crippen LogP contribution in [0, 0.1) is 5.92 Å². The predicted octanol–water partition coefficient (Wildman–Crippen LogP) is 1.75. The van der Waals surface area contributed by atoms with E-state index in [0.717, 1.165) is 63.2 Å². The van der Waals surface area contributed by atoms with E-state index >= 15 is 0 Å². The van der Waals surface area contributed by atoms with Gasteiger partial charge in [0.15, 0.2) is 5.96 Å². The Hall–Kier alpha value is -1.26. The summed E-state index contributed by atoms with van der Waals surface area (Å²) >= 11 is 0. The Kier molecular flexibility index (Phi) is 8.91. The zero-order chi connectivity index (χ0) is 18.4. The van der Waals surface area contributed by atoms with Crippen LogP contribution in [0.15, 0.2) is 23.2 Å². The van der Waals surface area contributed by atoms with E-state index in [9.17, 15) is 5.11 Å². The van der Waals surface area contributed by atoms with Crippen LogP contribution >= 0.6 is 24.0 Å². The van der Waals surface area contributed by atoms with Gasteiger partial charge in [0, 0.05) is 51.9 Å². The van der Waals surface area contributed by atoms with Crippen LogP contribution in [0.1, 0.15) is 12.0 Å². The Morgan fingerprint density at radius 3 is 2.81 bits per heavy atom. The van der Waals surface area contributed by atoms with Crippen molar-refractivity contribution in [3.8, 4) is 11.5 Å². The van der Waals surface area contributed by atoms with Crippen LogP contribution in [0.4, 0.5) is 0 Å². The number of phenolic OH excluding ortho intramolecular Hbond substituents is 1. The lowest BCUT2D eigenvalue weighted by molar-refractivity contribution is 0.0315. The van der Waals surface area contributed by atoms with Crippen LogP contribution in [0.25, 0.3) is 0 Å². The number of likely N-dealkylation sites (tertiary alicyclic amines) is 1. The molecule has 2 aliphatic rings. The van der Waals surface area contributed by atoms with Crippen molar-refractivity contribution < 1.29 is 14.6 Å². The molecule has 27 heavy (non-hydrogen) atoms. The minimum absolute atomic E-state index is 0. The van der Waals surface area contributed by atoms with Gasteiger partial charge in [-0.3, -0.25) is 9.89 Å². The van der Waals surface area contributed by atoms with Gasteiger partial charge in [-0.05, 0) is 30.5 Å².